The van der Waals surface area contributed by atoms with Gasteiger partial charge in [-0.1, -0.05) is 6.92 Å². The van der Waals surface area contributed by atoms with Crippen LogP contribution in [-0.4, -0.2) is 24.9 Å². The first kappa shape index (κ1) is 9.86. The highest BCUT2D eigenvalue weighted by atomic mass is 19.3. The van der Waals surface area contributed by atoms with Gasteiger partial charge in [-0.3, -0.25) is 0 Å². The SMILES string of the molecule is CC1OC(C)C(C)C(C(F)F)O1. The molecule has 0 spiro atoms. The smallest absolute Gasteiger partial charge is 0.264 e. The molecule has 0 radical (unpaired) electrons. The monoisotopic (exact) mass is 180 g/mol. The first-order valence-electron chi connectivity index (χ1n) is 4.11. The van der Waals surface area contributed by atoms with Gasteiger partial charge in [-0.25, -0.2) is 8.78 Å². The Morgan fingerprint density at radius 3 is 2.17 bits per heavy atom. The van der Waals surface area contributed by atoms with Crippen molar-refractivity contribution in [3.05, 3.63) is 0 Å². The van der Waals surface area contributed by atoms with E-state index < -0.39 is 18.8 Å². The highest BCUT2D eigenvalue weighted by Crippen LogP contribution is 2.27. The van der Waals surface area contributed by atoms with Gasteiger partial charge in [-0.2, -0.15) is 0 Å². The summed E-state index contributed by atoms with van der Waals surface area (Å²) in [4.78, 5) is 0. The van der Waals surface area contributed by atoms with Crippen LogP contribution in [0.25, 0.3) is 0 Å². The summed E-state index contributed by atoms with van der Waals surface area (Å²) in [5.74, 6) is -0.249. The van der Waals surface area contributed by atoms with Crippen LogP contribution in [0.1, 0.15) is 20.8 Å². The minimum absolute atomic E-state index is 0.159. The normalized spacial score (nSPS) is 43.5. The Labute approximate surface area is 70.8 Å². The van der Waals surface area contributed by atoms with Crippen LogP contribution in [0.3, 0.4) is 0 Å². The van der Waals surface area contributed by atoms with E-state index in [1.807, 2.05) is 0 Å². The molecule has 72 valence electrons. The van der Waals surface area contributed by atoms with E-state index in [2.05, 4.69) is 0 Å². The summed E-state index contributed by atoms with van der Waals surface area (Å²) >= 11 is 0. The zero-order valence-electron chi connectivity index (χ0n) is 7.46. The van der Waals surface area contributed by atoms with E-state index in [1.165, 1.54) is 0 Å². The summed E-state index contributed by atoms with van der Waals surface area (Å²) in [6.45, 7) is 5.14. The quantitative estimate of drug-likeness (QED) is 0.614. The van der Waals surface area contributed by atoms with Crippen molar-refractivity contribution in [2.45, 2.75) is 45.7 Å². The molecule has 4 atom stereocenters. The molecule has 1 saturated heterocycles. The molecule has 4 heteroatoms. The molecule has 0 N–H and O–H groups in total. The van der Waals surface area contributed by atoms with Crippen molar-refractivity contribution in [3.8, 4) is 0 Å². The second kappa shape index (κ2) is 3.66. The van der Waals surface area contributed by atoms with Crippen LogP contribution in [-0.2, 0) is 9.47 Å². The van der Waals surface area contributed by atoms with Crippen molar-refractivity contribution in [1.29, 1.82) is 0 Å². The van der Waals surface area contributed by atoms with Crippen LogP contribution in [0.5, 0.6) is 0 Å². The summed E-state index contributed by atoms with van der Waals surface area (Å²) < 4.78 is 34.9. The molecule has 1 heterocycles. The highest BCUT2D eigenvalue weighted by Gasteiger charge is 2.37. The lowest BCUT2D eigenvalue weighted by Crippen LogP contribution is -2.45. The maximum absolute atomic E-state index is 12.3. The summed E-state index contributed by atoms with van der Waals surface area (Å²) in [5.41, 5.74) is 0. The summed E-state index contributed by atoms with van der Waals surface area (Å²) in [6.07, 6.45) is -4.08. The molecule has 0 bridgehead atoms. The van der Waals surface area contributed by atoms with E-state index in [-0.39, 0.29) is 12.0 Å². The van der Waals surface area contributed by atoms with Gasteiger partial charge in [0.15, 0.2) is 6.29 Å². The minimum Gasteiger partial charge on any atom is -0.350 e. The Balaban J connectivity index is 2.60. The standard InChI is InChI=1S/C8H14F2O2/c1-4-5(2)11-6(3)12-7(4)8(9)10/h4-8H,1-3H3. The average Bonchev–Trinajstić information content (AvgIpc) is 1.96. The molecule has 1 fully saturated rings. The Kier molecular flexibility index (Phi) is 3.01. The van der Waals surface area contributed by atoms with E-state index in [1.54, 1.807) is 20.8 Å². The topological polar surface area (TPSA) is 18.5 Å². The van der Waals surface area contributed by atoms with E-state index in [9.17, 15) is 8.78 Å². The van der Waals surface area contributed by atoms with E-state index in [0.29, 0.717) is 0 Å². The van der Waals surface area contributed by atoms with Crippen LogP contribution >= 0.6 is 0 Å². The molecule has 0 aromatic carbocycles. The lowest BCUT2D eigenvalue weighted by Gasteiger charge is -2.37. The molecule has 4 unspecified atom stereocenters. The van der Waals surface area contributed by atoms with Crippen LogP contribution in [0.15, 0.2) is 0 Å². The number of hydrogen-bond donors (Lipinski definition) is 0. The second-order valence-electron chi connectivity index (χ2n) is 3.20. The fourth-order valence-electron chi connectivity index (χ4n) is 1.36. The molecule has 1 aliphatic heterocycles. The van der Waals surface area contributed by atoms with Crippen LogP contribution < -0.4 is 0 Å². The van der Waals surface area contributed by atoms with Crippen LogP contribution in [0.2, 0.25) is 0 Å². The Hall–Kier alpha value is -0.220. The van der Waals surface area contributed by atoms with Crippen molar-refractivity contribution in [1.82, 2.24) is 0 Å². The molecule has 0 amide bonds. The third kappa shape index (κ3) is 1.93. The summed E-state index contributed by atoms with van der Waals surface area (Å²) in [7, 11) is 0. The van der Waals surface area contributed by atoms with E-state index >= 15 is 0 Å². The van der Waals surface area contributed by atoms with Gasteiger partial charge in [0.25, 0.3) is 6.43 Å². The van der Waals surface area contributed by atoms with Crippen molar-refractivity contribution in [2.24, 2.45) is 5.92 Å². The molecule has 12 heavy (non-hydrogen) atoms. The molecule has 1 aliphatic rings. The number of ether oxygens (including phenoxy) is 2. The lowest BCUT2D eigenvalue weighted by atomic mass is 9.98. The van der Waals surface area contributed by atoms with Crippen molar-refractivity contribution in [2.75, 3.05) is 0 Å². The van der Waals surface area contributed by atoms with E-state index in [0.717, 1.165) is 0 Å². The zero-order valence-corrected chi connectivity index (χ0v) is 7.46. The van der Waals surface area contributed by atoms with Gasteiger partial charge in [-0.15, -0.1) is 0 Å². The molecule has 1 rings (SSSR count). The molecule has 0 aromatic heterocycles. The van der Waals surface area contributed by atoms with Gasteiger partial charge in [-0.05, 0) is 13.8 Å². The van der Waals surface area contributed by atoms with Gasteiger partial charge in [0.2, 0.25) is 0 Å². The number of rotatable bonds is 1. The molecule has 0 aliphatic carbocycles. The van der Waals surface area contributed by atoms with Crippen molar-refractivity contribution in [3.63, 3.8) is 0 Å². The number of alkyl halides is 2. The lowest BCUT2D eigenvalue weighted by molar-refractivity contribution is -0.276. The maximum Gasteiger partial charge on any atom is 0.264 e. The minimum atomic E-state index is -2.42. The zero-order chi connectivity index (χ0) is 9.30. The second-order valence-corrected chi connectivity index (χ2v) is 3.20. The Bertz CT molecular complexity index is 152. The fourth-order valence-corrected chi connectivity index (χ4v) is 1.36. The molecule has 0 aromatic rings. The Morgan fingerprint density at radius 1 is 1.08 bits per heavy atom. The molecule has 0 saturated carbocycles. The van der Waals surface area contributed by atoms with Crippen molar-refractivity contribution < 1.29 is 18.3 Å². The molecular weight excluding hydrogens is 166 g/mol. The van der Waals surface area contributed by atoms with Gasteiger partial charge >= 0.3 is 0 Å². The maximum atomic E-state index is 12.3. The fraction of sp³-hybridized carbons (Fsp3) is 1.00. The largest absolute Gasteiger partial charge is 0.350 e. The molecule has 2 nitrogen and oxygen atoms in total. The van der Waals surface area contributed by atoms with Crippen molar-refractivity contribution >= 4 is 0 Å². The average molecular weight is 180 g/mol. The summed E-state index contributed by atoms with van der Waals surface area (Å²) in [6, 6.07) is 0. The van der Waals surface area contributed by atoms with Gasteiger partial charge in [0.05, 0.1) is 6.10 Å². The number of hydrogen-bond acceptors (Lipinski definition) is 2. The molecular formula is C8H14F2O2. The van der Waals surface area contributed by atoms with Gasteiger partial charge in [0, 0.05) is 5.92 Å². The van der Waals surface area contributed by atoms with Gasteiger partial charge in [0.1, 0.15) is 6.10 Å². The van der Waals surface area contributed by atoms with Gasteiger partial charge < -0.3 is 9.47 Å². The first-order chi connectivity index (χ1) is 5.52. The third-order valence-electron chi connectivity index (χ3n) is 2.26. The number of halogens is 2. The summed E-state index contributed by atoms with van der Waals surface area (Å²) in [5, 5.41) is 0. The van der Waals surface area contributed by atoms with Crippen LogP contribution in [0, 0.1) is 5.92 Å². The predicted molar refractivity (Wildman–Crippen MR) is 40.1 cm³/mol. The van der Waals surface area contributed by atoms with E-state index in [4.69, 9.17) is 9.47 Å². The highest BCUT2D eigenvalue weighted by molar-refractivity contribution is 4.77. The first-order valence-corrected chi connectivity index (χ1v) is 4.11. The Morgan fingerprint density at radius 2 is 1.67 bits per heavy atom. The third-order valence-corrected chi connectivity index (χ3v) is 2.26. The predicted octanol–water partition coefficient (Wildman–Crippen LogP) is 2.04. The van der Waals surface area contributed by atoms with Crippen LogP contribution in [0.4, 0.5) is 8.78 Å².